The Morgan fingerprint density at radius 3 is 2.68 bits per heavy atom. The van der Waals surface area contributed by atoms with Gasteiger partial charge in [0.15, 0.2) is 0 Å². The predicted molar refractivity (Wildman–Crippen MR) is 71.2 cm³/mol. The van der Waals surface area contributed by atoms with Gasteiger partial charge >= 0.3 is 5.69 Å². The number of nitrogens with zero attached hydrogens (tertiary/aromatic N) is 2. The number of methoxy groups -OCH3 is 1. The van der Waals surface area contributed by atoms with Gasteiger partial charge in [-0.2, -0.15) is 0 Å². The Morgan fingerprint density at radius 1 is 1.37 bits per heavy atom. The third-order valence-corrected chi connectivity index (χ3v) is 2.85. The standard InChI is InChI=1S/C14H16N2O3/c1-10-7-15-14(18)16(8-10)9-13(17)11-3-5-12(19-2)6-4-11/h3-8,13,17H,9H2,1-2H3. The summed E-state index contributed by atoms with van der Waals surface area (Å²) in [6.45, 7) is 2.03. The van der Waals surface area contributed by atoms with Crippen molar-refractivity contribution in [2.75, 3.05) is 7.11 Å². The summed E-state index contributed by atoms with van der Waals surface area (Å²) in [5.74, 6) is 0.727. The summed E-state index contributed by atoms with van der Waals surface area (Å²) in [5.41, 5.74) is 1.24. The smallest absolute Gasteiger partial charge is 0.347 e. The Morgan fingerprint density at radius 2 is 2.05 bits per heavy atom. The molecule has 0 saturated heterocycles. The molecule has 2 aromatic rings. The molecule has 1 aromatic heterocycles. The summed E-state index contributed by atoms with van der Waals surface area (Å²) < 4.78 is 6.46. The molecule has 0 bridgehead atoms. The summed E-state index contributed by atoms with van der Waals surface area (Å²) in [7, 11) is 1.59. The SMILES string of the molecule is COc1ccc(C(O)Cn2cc(C)cnc2=O)cc1. The van der Waals surface area contributed by atoms with Crippen LogP contribution in [-0.2, 0) is 6.54 Å². The highest BCUT2D eigenvalue weighted by molar-refractivity contribution is 5.28. The highest BCUT2D eigenvalue weighted by Gasteiger charge is 2.10. The molecule has 0 saturated carbocycles. The fourth-order valence-electron chi connectivity index (χ4n) is 1.81. The molecule has 0 amide bonds. The largest absolute Gasteiger partial charge is 0.497 e. The fourth-order valence-corrected chi connectivity index (χ4v) is 1.81. The summed E-state index contributed by atoms with van der Waals surface area (Å²) in [6, 6.07) is 7.10. The van der Waals surface area contributed by atoms with E-state index >= 15 is 0 Å². The van der Waals surface area contributed by atoms with E-state index in [1.165, 1.54) is 10.8 Å². The number of rotatable bonds is 4. The zero-order valence-electron chi connectivity index (χ0n) is 10.9. The number of aliphatic hydroxyl groups excluding tert-OH is 1. The number of aromatic nitrogens is 2. The minimum atomic E-state index is -0.757. The quantitative estimate of drug-likeness (QED) is 0.899. The van der Waals surface area contributed by atoms with Crippen LogP contribution in [0.5, 0.6) is 5.75 Å². The second kappa shape index (κ2) is 5.67. The zero-order chi connectivity index (χ0) is 13.8. The van der Waals surface area contributed by atoms with Crippen molar-refractivity contribution in [3.05, 3.63) is 58.3 Å². The average Bonchev–Trinajstić information content (AvgIpc) is 2.43. The van der Waals surface area contributed by atoms with E-state index in [1.54, 1.807) is 37.6 Å². The van der Waals surface area contributed by atoms with Gasteiger partial charge in [0.2, 0.25) is 0 Å². The third kappa shape index (κ3) is 3.20. The van der Waals surface area contributed by atoms with Crippen LogP contribution >= 0.6 is 0 Å². The van der Waals surface area contributed by atoms with E-state index in [0.717, 1.165) is 16.9 Å². The van der Waals surface area contributed by atoms with E-state index in [9.17, 15) is 9.90 Å². The number of aryl methyl sites for hydroxylation is 1. The van der Waals surface area contributed by atoms with Crippen LogP contribution in [-0.4, -0.2) is 21.8 Å². The fraction of sp³-hybridized carbons (Fsp3) is 0.286. The van der Waals surface area contributed by atoms with E-state index in [4.69, 9.17) is 4.74 Å². The maximum absolute atomic E-state index is 11.6. The van der Waals surface area contributed by atoms with Crippen molar-refractivity contribution >= 4 is 0 Å². The lowest BCUT2D eigenvalue weighted by Crippen LogP contribution is -2.25. The van der Waals surface area contributed by atoms with Crippen molar-refractivity contribution in [2.24, 2.45) is 0 Å². The van der Waals surface area contributed by atoms with Crippen molar-refractivity contribution in [3.63, 3.8) is 0 Å². The number of aliphatic hydroxyl groups is 1. The van der Waals surface area contributed by atoms with Crippen molar-refractivity contribution in [1.29, 1.82) is 0 Å². The molecule has 0 aliphatic heterocycles. The predicted octanol–water partition coefficient (Wildman–Crippen LogP) is 1.29. The molecule has 2 rings (SSSR count). The molecule has 5 heteroatoms. The van der Waals surface area contributed by atoms with Crippen molar-refractivity contribution in [1.82, 2.24) is 9.55 Å². The number of hydrogen-bond acceptors (Lipinski definition) is 4. The van der Waals surface area contributed by atoms with Crippen molar-refractivity contribution in [3.8, 4) is 5.75 Å². The van der Waals surface area contributed by atoms with Crippen LogP contribution < -0.4 is 10.4 Å². The molecule has 100 valence electrons. The first-order valence-corrected chi connectivity index (χ1v) is 5.95. The lowest BCUT2D eigenvalue weighted by atomic mass is 10.1. The van der Waals surface area contributed by atoms with Gasteiger partial charge < -0.3 is 9.84 Å². The highest BCUT2D eigenvalue weighted by atomic mass is 16.5. The number of benzene rings is 1. The maximum atomic E-state index is 11.6. The van der Waals surface area contributed by atoms with Gasteiger partial charge in [0.25, 0.3) is 0 Å². The molecule has 0 spiro atoms. The molecule has 1 N–H and O–H groups in total. The van der Waals surface area contributed by atoms with Gasteiger partial charge in [0.1, 0.15) is 5.75 Å². The molecule has 0 radical (unpaired) electrons. The summed E-state index contributed by atoms with van der Waals surface area (Å²) in [5, 5.41) is 10.1. The van der Waals surface area contributed by atoms with E-state index in [-0.39, 0.29) is 12.2 Å². The molecule has 1 aromatic carbocycles. The van der Waals surface area contributed by atoms with Gasteiger partial charge in [-0.15, -0.1) is 0 Å². The second-order valence-electron chi connectivity index (χ2n) is 4.36. The first-order valence-electron chi connectivity index (χ1n) is 5.95. The Kier molecular flexibility index (Phi) is 3.97. The van der Waals surface area contributed by atoms with Crippen LogP contribution in [0.1, 0.15) is 17.2 Å². The molecule has 5 nitrogen and oxygen atoms in total. The Labute approximate surface area is 111 Å². The average molecular weight is 260 g/mol. The molecule has 19 heavy (non-hydrogen) atoms. The van der Waals surface area contributed by atoms with Crippen LogP contribution in [0.2, 0.25) is 0 Å². The van der Waals surface area contributed by atoms with E-state index in [2.05, 4.69) is 4.98 Å². The van der Waals surface area contributed by atoms with Crippen LogP contribution in [0, 0.1) is 6.92 Å². The zero-order valence-corrected chi connectivity index (χ0v) is 10.9. The molecule has 0 aliphatic rings. The van der Waals surface area contributed by atoms with Gasteiger partial charge in [-0.05, 0) is 30.2 Å². The monoisotopic (exact) mass is 260 g/mol. The molecular weight excluding hydrogens is 244 g/mol. The molecule has 0 aliphatic carbocycles. The minimum Gasteiger partial charge on any atom is -0.497 e. The summed E-state index contributed by atoms with van der Waals surface area (Å²) in [6.07, 6.45) is 2.44. The van der Waals surface area contributed by atoms with Gasteiger partial charge in [-0.25, -0.2) is 9.78 Å². The maximum Gasteiger partial charge on any atom is 0.347 e. The lowest BCUT2D eigenvalue weighted by molar-refractivity contribution is 0.154. The Hall–Kier alpha value is -2.14. The van der Waals surface area contributed by atoms with Gasteiger partial charge in [0.05, 0.1) is 19.8 Å². The molecule has 0 fully saturated rings. The van der Waals surface area contributed by atoms with E-state index in [1.807, 2.05) is 6.92 Å². The Bertz CT molecular complexity index is 605. The molecule has 1 heterocycles. The summed E-state index contributed by atoms with van der Waals surface area (Å²) in [4.78, 5) is 15.3. The molecular formula is C14H16N2O3. The van der Waals surface area contributed by atoms with Crippen LogP contribution in [0.4, 0.5) is 0 Å². The highest BCUT2D eigenvalue weighted by Crippen LogP contribution is 2.18. The first kappa shape index (κ1) is 13.3. The van der Waals surface area contributed by atoms with E-state index < -0.39 is 6.10 Å². The normalized spacial score (nSPS) is 12.2. The Balaban J connectivity index is 2.17. The van der Waals surface area contributed by atoms with Crippen molar-refractivity contribution < 1.29 is 9.84 Å². The first-order chi connectivity index (χ1) is 9.10. The molecule has 1 atom stereocenters. The topological polar surface area (TPSA) is 64.3 Å². The van der Waals surface area contributed by atoms with Crippen LogP contribution in [0.3, 0.4) is 0 Å². The summed E-state index contributed by atoms with van der Waals surface area (Å²) >= 11 is 0. The number of hydrogen-bond donors (Lipinski definition) is 1. The van der Waals surface area contributed by atoms with Gasteiger partial charge in [0, 0.05) is 12.4 Å². The van der Waals surface area contributed by atoms with Crippen LogP contribution in [0.15, 0.2) is 41.5 Å². The lowest BCUT2D eigenvalue weighted by Gasteiger charge is -2.13. The third-order valence-electron chi connectivity index (χ3n) is 2.85. The van der Waals surface area contributed by atoms with E-state index in [0.29, 0.717) is 0 Å². The second-order valence-corrected chi connectivity index (χ2v) is 4.36. The van der Waals surface area contributed by atoms with Gasteiger partial charge in [-0.1, -0.05) is 12.1 Å². The van der Waals surface area contributed by atoms with Gasteiger partial charge in [-0.3, -0.25) is 4.57 Å². The number of ether oxygens (including phenoxy) is 1. The molecule has 1 unspecified atom stereocenters. The minimum absolute atomic E-state index is 0.180. The van der Waals surface area contributed by atoms with Crippen LogP contribution in [0.25, 0.3) is 0 Å². The van der Waals surface area contributed by atoms with Crippen molar-refractivity contribution in [2.45, 2.75) is 19.6 Å².